The Morgan fingerprint density at radius 3 is 1.77 bits per heavy atom. The van der Waals surface area contributed by atoms with Crippen LogP contribution in [0.5, 0.6) is 0 Å². The van der Waals surface area contributed by atoms with Gasteiger partial charge in [-0.25, -0.2) is 0 Å². The van der Waals surface area contributed by atoms with Gasteiger partial charge in [0.25, 0.3) is 0 Å². The summed E-state index contributed by atoms with van der Waals surface area (Å²) in [6, 6.07) is 21.2. The van der Waals surface area contributed by atoms with Crippen LogP contribution in [0.25, 0.3) is 0 Å². The van der Waals surface area contributed by atoms with Gasteiger partial charge in [-0.1, -0.05) is 74.0 Å². The van der Waals surface area contributed by atoms with Gasteiger partial charge < -0.3 is 5.11 Å². The van der Waals surface area contributed by atoms with Crippen molar-refractivity contribution < 1.29 is 5.11 Å². The topological polar surface area (TPSA) is 23.5 Å². The number of nitrogens with zero attached hydrogens (tertiary/aromatic N) is 1. The summed E-state index contributed by atoms with van der Waals surface area (Å²) in [7, 11) is 0. The van der Waals surface area contributed by atoms with Crippen molar-refractivity contribution in [2.75, 3.05) is 13.2 Å². The van der Waals surface area contributed by atoms with Crippen molar-refractivity contribution in [2.24, 2.45) is 5.92 Å². The third-order valence-electron chi connectivity index (χ3n) is 3.97. The smallest absolute Gasteiger partial charge is 0.0471 e. The van der Waals surface area contributed by atoms with E-state index in [2.05, 4.69) is 72.5 Å². The lowest BCUT2D eigenvalue weighted by Crippen LogP contribution is -2.30. The highest BCUT2D eigenvalue weighted by Crippen LogP contribution is 2.15. The summed E-state index contributed by atoms with van der Waals surface area (Å²) >= 11 is 0. The van der Waals surface area contributed by atoms with Crippen LogP contribution in [0.3, 0.4) is 0 Å². The van der Waals surface area contributed by atoms with Crippen molar-refractivity contribution >= 4 is 0 Å². The van der Waals surface area contributed by atoms with Crippen molar-refractivity contribution in [3.8, 4) is 0 Å². The van der Waals surface area contributed by atoms with Crippen LogP contribution >= 0.6 is 0 Å². The Kier molecular flexibility index (Phi) is 7.14. The quantitative estimate of drug-likeness (QED) is 0.753. The number of aliphatic hydroxyl groups is 1. The van der Waals surface area contributed by atoms with Crippen LogP contribution in [0.4, 0.5) is 0 Å². The predicted octanol–water partition coefficient (Wildman–Crippen LogP) is 4.10. The molecule has 2 rings (SSSR count). The Hall–Kier alpha value is -1.64. The number of hydrogen-bond donors (Lipinski definition) is 1. The maximum Gasteiger partial charge on any atom is 0.0471 e. The van der Waals surface area contributed by atoms with Crippen molar-refractivity contribution in [1.29, 1.82) is 0 Å². The number of benzene rings is 2. The van der Waals surface area contributed by atoms with E-state index >= 15 is 0 Å². The summed E-state index contributed by atoms with van der Waals surface area (Å²) in [5, 5.41) is 9.61. The molecule has 2 heteroatoms. The number of aliphatic hydroxyl groups excluding tert-OH is 1. The molecule has 1 N–H and O–H groups in total. The molecule has 2 nitrogen and oxygen atoms in total. The highest BCUT2D eigenvalue weighted by atomic mass is 16.3. The maximum atomic E-state index is 9.61. The lowest BCUT2D eigenvalue weighted by atomic mass is 10.0. The third kappa shape index (κ3) is 5.63. The molecule has 22 heavy (non-hydrogen) atoms. The molecule has 0 aliphatic rings. The molecule has 0 saturated carbocycles. The minimum atomic E-state index is 0.272. The second kappa shape index (κ2) is 9.39. The SMILES string of the molecule is CCC[C@H](CO)CN(Cc1ccccc1)Cc1ccccc1. The molecule has 0 spiro atoms. The lowest BCUT2D eigenvalue weighted by molar-refractivity contribution is 0.147. The minimum absolute atomic E-state index is 0.272. The van der Waals surface area contributed by atoms with Gasteiger partial charge in [-0.3, -0.25) is 4.90 Å². The van der Waals surface area contributed by atoms with Gasteiger partial charge in [0.05, 0.1) is 0 Å². The second-order valence-corrected chi connectivity index (χ2v) is 5.98. The Labute approximate surface area is 134 Å². The van der Waals surface area contributed by atoms with Gasteiger partial charge in [0.2, 0.25) is 0 Å². The molecule has 0 heterocycles. The predicted molar refractivity (Wildman–Crippen MR) is 92.5 cm³/mol. The Morgan fingerprint density at radius 2 is 1.36 bits per heavy atom. The maximum absolute atomic E-state index is 9.61. The van der Waals surface area contributed by atoms with Crippen molar-refractivity contribution in [1.82, 2.24) is 4.90 Å². The molecular formula is C20H27NO. The molecular weight excluding hydrogens is 270 g/mol. The van der Waals surface area contributed by atoms with E-state index in [0.29, 0.717) is 5.92 Å². The van der Waals surface area contributed by atoms with Crippen molar-refractivity contribution in [3.05, 3.63) is 71.8 Å². The zero-order valence-corrected chi connectivity index (χ0v) is 13.5. The first-order valence-corrected chi connectivity index (χ1v) is 8.23. The Balaban J connectivity index is 2.05. The Morgan fingerprint density at radius 1 is 0.864 bits per heavy atom. The van der Waals surface area contributed by atoms with Crippen LogP contribution in [0.1, 0.15) is 30.9 Å². The van der Waals surface area contributed by atoms with Crippen LogP contribution in [-0.2, 0) is 13.1 Å². The monoisotopic (exact) mass is 297 g/mol. The molecule has 0 amide bonds. The molecule has 0 unspecified atom stereocenters. The van der Waals surface area contributed by atoms with Gasteiger partial charge in [0.15, 0.2) is 0 Å². The van der Waals surface area contributed by atoms with E-state index in [1.54, 1.807) is 0 Å². The zero-order chi connectivity index (χ0) is 15.6. The van der Waals surface area contributed by atoms with E-state index in [-0.39, 0.29) is 6.61 Å². The lowest BCUT2D eigenvalue weighted by Gasteiger charge is -2.27. The van der Waals surface area contributed by atoms with Crippen LogP contribution in [-0.4, -0.2) is 23.2 Å². The first kappa shape index (κ1) is 16.7. The van der Waals surface area contributed by atoms with Gasteiger partial charge in [0.1, 0.15) is 0 Å². The first-order chi connectivity index (χ1) is 10.8. The van der Waals surface area contributed by atoms with Gasteiger partial charge in [0, 0.05) is 26.2 Å². The third-order valence-corrected chi connectivity index (χ3v) is 3.97. The molecule has 2 aromatic carbocycles. The fourth-order valence-electron chi connectivity index (χ4n) is 2.88. The second-order valence-electron chi connectivity index (χ2n) is 5.98. The van der Waals surface area contributed by atoms with Crippen LogP contribution in [0.15, 0.2) is 60.7 Å². The molecule has 2 aromatic rings. The van der Waals surface area contributed by atoms with Gasteiger partial charge in [-0.2, -0.15) is 0 Å². The highest BCUT2D eigenvalue weighted by molar-refractivity contribution is 5.17. The van der Waals surface area contributed by atoms with Crippen molar-refractivity contribution in [2.45, 2.75) is 32.9 Å². The van der Waals surface area contributed by atoms with E-state index in [1.807, 2.05) is 0 Å². The molecule has 0 radical (unpaired) electrons. The van der Waals surface area contributed by atoms with E-state index < -0.39 is 0 Å². The molecule has 0 aliphatic heterocycles. The zero-order valence-electron chi connectivity index (χ0n) is 13.5. The fourth-order valence-corrected chi connectivity index (χ4v) is 2.88. The van der Waals surface area contributed by atoms with E-state index in [4.69, 9.17) is 0 Å². The van der Waals surface area contributed by atoms with Crippen LogP contribution < -0.4 is 0 Å². The highest BCUT2D eigenvalue weighted by Gasteiger charge is 2.14. The van der Waals surface area contributed by atoms with Crippen LogP contribution in [0.2, 0.25) is 0 Å². The fraction of sp³-hybridized carbons (Fsp3) is 0.400. The minimum Gasteiger partial charge on any atom is -0.396 e. The van der Waals surface area contributed by atoms with E-state index in [1.165, 1.54) is 11.1 Å². The van der Waals surface area contributed by atoms with Gasteiger partial charge in [-0.05, 0) is 23.5 Å². The first-order valence-electron chi connectivity index (χ1n) is 8.23. The summed E-state index contributed by atoms with van der Waals surface area (Å²) in [6.45, 7) is 5.25. The van der Waals surface area contributed by atoms with Crippen molar-refractivity contribution in [3.63, 3.8) is 0 Å². The summed E-state index contributed by atoms with van der Waals surface area (Å²) in [4.78, 5) is 2.45. The van der Waals surface area contributed by atoms with Gasteiger partial charge in [-0.15, -0.1) is 0 Å². The summed E-state index contributed by atoms with van der Waals surface area (Å²) in [6.07, 6.45) is 2.20. The Bertz CT molecular complexity index is 470. The average Bonchev–Trinajstić information content (AvgIpc) is 2.56. The summed E-state index contributed by atoms with van der Waals surface area (Å²) in [5.74, 6) is 0.359. The molecule has 0 aromatic heterocycles. The average molecular weight is 297 g/mol. The molecule has 1 atom stereocenters. The van der Waals surface area contributed by atoms with Gasteiger partial charge >= 0.3 is 0 Å². The molecule has 118 valence electrons. The van der Waals surface area contributed by atoms with Crippen LogP contribution in [0, 0.1) is 5.92 Å². The van der Waals surface area contributed by atoms with E-state index in [0.717, 1.165) is 32.5 Å². The summed E-state index contributed by atoms with van der Waals surface area (Å²) < 4.78 is 0. The molecule has 0 aliphatic carbocycles. The standard InChI is InChI=1S/C20H27NO/c1-2-9-20(17-22)16-21(14-18-10-5-3-6-11-18)15-19-12-7-4-8-13-19/h3-8,10-13,20,22H,2,9,14-17H2,1H3/t20-/m0/s1. The normalized spacial score (nSPS) is 12.5. The van der Waals surface area contributed by atoms with E-state index in [9.17, 15) is 5.11 Å². The number of hydrogen-bond acceptors (Lipinski definition) is 2. The molecule has 0 saturated heterocycles. The molecule has 0 fully saturated rings. The largest absolute Gasteiger partial charge is 0.396 e. The molecule has 0 bridgehead atoms. The number of rotatable bonds is 9. The summed E-state index contributed by atoms with van der Waals surface area (Å²) in [5.41, 5.74) is 2.65.